The smallest absolute Gasteiger partial charge is 0.238 e. The third-order valence-electron chi connectivity index (χ3n) is 5.69. The fraction of sp³-hybridized carbons (Fsp3) is 0.632. The Balaban J connectivity index is 0.00000210. The van der Waals surface area contributed by atoms with Gasteiger partial charge in [0.2, 0.25) is 5.91 Å². The van der Waals surface area contributed by atoms with Gasteiger partial charge in [0.05, 0.1) is 0 Å². The molecule has 0 radical (unpaired) electrons. The molecular formula is C19H29ClN4O3. The zero-order valence-electron chi connectivity index (χ0n) is 15.8. The minimum absolute atomic E-state index is 0. The van der Waals surface area contributed by atoms with E-state index in [0.29, 0.717) is 31.7 Å². The molecule has 4 rings (SSSR count). The van der Waals surface area contributed by atoms with Crippen molar-refractivity contribution in [2.24, 2.45) is 5.92 Å². The maximum atomic E-state index is 12.7. The van der Waals surface area contributed by atoms with Crippen LogP contribution in [-0.4, -0.2) is 50.8 Å². The first-order valence-corrected chi connectivity index (χ1v) is 9.44. The monoisotopic (exact) mass is 396 g/mol. The van der Waals surface area contributed by atoms with Gasteiger partial charge in [-0.2, -0.15) is 0 Å². The van der Waals surface area contributed by atoms with Crippen molar-refractivity contribution in [3.63, 3.8) is 0 Å². The number of piperidine rings is 1. The molecule has 3 atom stereocenters. The van der Waals surface area contributed by atoms with Crippen molar-refractivity contribution in [3.05, 3.63) is 23.8 Å². The minimum Gasteiger partial charge on any atom is -0.486 e. The van der Waals surface area contributed by atoms with E-state index in [4.69, 9.17) is 9.47 Å². The molecule has 3 heterocycles. The van der Waals surface area contributed by atoms with Gasteiger partial charge >= 0.3 is 0 Å². The quantitative estimate of drug-likeness (QED) is 0.600. The molecule has 0 spiro atoms. The maximum absolute atomic E-state index is 12.7. The molecule has 0 aromatic heterocycles. The summed E-state index contributed by atoms with van der Waals surface area (Å²) in [6.45, 7) is 7.86. The lowest BCUT2D eigenvalue weighted by Gasteiger charge is -2.30. The maximum Gasteiger partial charge on any atom is 0.238 e. The van der Waals surface area contributed by atoms with E-state index in [0.717, 1.165) is 36.6 Å². The predicted octanol–water partition coefficient (Wildman–Crippen LogP) is 0.728. The summed E-state index contributed by atoms with van der Waals surface area (Å²) in [5.41, 5.74) is 7.36. The molecule has 1 amide bonds. The molecule has 1 aromatic carbocycles. The number of hydrogen-bond acceptors (Lipinski definition) is 6. The Morgan fingerprint density at radius 2 is 2.00 bits per heavy atom. The van der Waals surface area contributed by atoms with Crippen LogP contribution in [0.1, 0.15) is 25.8 Å². The summed E-state index contributed by atoms with van der Waals surface area (Å²) >= 11 is 0. The third-order valence-corrected chi connectivity index (χ3v) is 5.69. The number of rotatable bonds is 4. The second-order valence-corrected chi connectivity index (χ2v) is 7.99. The molecule has 1 aromatic rings. The molecule has 2 fully saturated rings. The summed E-state index contributed by atoms with van der Waals surface area (Å²) in [6.07, 6.45) is 1.05. The molecule has 3 unspecified atom stereocenters. The summed E-state index contributed by atoms with van der Waals surface area (Å²) in [4.78, 5) is 12.7. The summed E-state index contributed by atoms with van der Waals surface area (Å²) in [6, 6.07) is 6.21. The van der Waals surface area contributed by atoms with Gasteiger partial charge in [-0.05, 0) is 30.7 Å². The molecule has 3 aliphatic rings. The van der Waals surface area contributed by atoms with Crippen LogP contribution < -0.4 is 31.0 Å². The molecule has 0 saturated carbocycles. The predicted molar refractivity (Wildman–Crippen MR) is 106 cm³/mol. The largest absolute Gasteiger partial charge is 0.486 e. The van der Waals surface area contributed by atoms with Gasteiger partial charge in [0, 0.05) is 30.5 Å². The number of hydrazine groups is 1. The highest BCUT2D eigenvalue weighted by Gasteiger charge is 2.41. The van der Waals surface area contributed by atoms with Crippen LogP contribution in [-0.2, 0) is 10.2 Å². The molecule has 150 valence electrons. The summed E-state index contributed by atoms with van der Waals surface area (Å²) in [7, 11) is 0. The van der Waals surface area contributed by atoms with Crippen LogP contribution in [0.5, 0.6) is 11.5 Å². The molecule has 3 aliphatic heterocycles. The van der Waals surface area contributed by atoms with Gasteiger partial charge in [0.15, 0.2) is 11.5 Å². The van der Waals surface area contributed by atoms with Crippen molar-refractivity contribution in [1.29, 1.82) is 0 Å². The van der Waals surface area contributed by atoms with Crippen LogP contribution in [0.3, 0.4) is 0 Å². The fourth-order valence-electron chi connectivity index (χ4n) is 3.96. The second kappa shape index (κ2) is 8.22. The SMILES string of the molecule is CC(C)(CNC(=O)C1NNC2CCNCC21)c1ccc2c(c1)OCCO2.Cl. The van der Waals surface area contributed by atoms with Gasteiger partial charge in [-0.25, -0.2) is 5.43 Å². The van der Waals surface area contributed by atoms with Crippen LogP contribution in [0.2, 0.25) is 0 Å². The first kappa shape index (κ1) is 20.2. The van der Waals surface area contributed by atoms with Gasteiger partial charge in [-0.15, -0.1) is 12.4 Å². The zero-order chi connectivity index (χ0) is 18.1. The third kappa shape index (κ3) is 4.16. The van der Waals surface area contributed by atoms with Gasteiger partial charge in [0.1, 0.15) is 19.3 Å². The Morgan fingerprint density at radius 3 is 2.81 bits per heavy atom. The number of amides is 1. The van der Waals surface area contributed by atoms with E-state index in [1.807, 2.05) is 12.1 Å². The molecule has 7 nitrogen and oxygen atoms in total. The first-order valence-electron chi connectivity index (χ1n) is 9.44. The number of benzene rings is 1. The van der Waals surface area contributed by atoms with Crippen LogP contribution in [0, 0.1) is 5.92 Å². The summed E-state index contributed by atoms with van der Waals surface area (Å²) in [5, 5.41) is 6.52. The van der Waals surface area contributed by atoms with Crippen molar-refractivity contribution in [2.45, 2.75) is 37.8 Å². The van der Waals surface area contributed by atoms with Gasteiger partial charge in [-0.3, -0.25) is 10.2 Å². The molecule has 4 N–H and O–H groups in total. The Hall–Kier alpha value is -1.54. The summed E-state index contributed by atoms with van der Waals surface area (Å²) in [5.74, 6) is 1.92. The van der Waals surface area contributed by atoms with Crippen molar-refractivity contribution < 1.29 is 14.3 Å². The molecular weight excluding hydrogens is 368 g/mol. The lowest BCUT2D eigenvalue weighted by Crippen LogP contribution is -2.51. The van der Waals surface area contributed by atoms with Gasteiger partial charge in [0.25, 0.3) is 0 Å². The number of hydrogen-bond donors (Lipinski definition) is 4. The normalized spacial score (nSPS) is 26.7. The Morgan fingerprint density at radius 1 is 1.22 bits per heavy atom. The number of carbonyl (C=O) groups excluding carboxylic acids is 1. The van der Waals surface area contributed by atoms with E-state index >= 15 is 0 Å². The fourth-order valence-corrected chi connectivity index (χ4v) is 3.96. The highest BCUT2D eigenvalue weighted by Crippen LogP contribution is 2.35. The lowest BCUT2D eigenvalue weighted by molar-refractivity contribution is -0.124. The van der Waals surface area contributed by atoms with Gasteiger partial charge in [-0.1, -0.05) is 19.9 Å². The zero-order valence-corrected chi connectivity index (χ0v) is 16.7. The molecule has 27 heavy (non-hydrogen) atoms. The van der Waals surface area contributed by atoms with Gasteiger partial charge < -0.3 is 20.1 Å². The standard InChI is InChI=1S/C19H28N4O3.ClH/c1-19(2,12-3-4-15-16(9-12)26-8-7-25-15)11-21-18(24)17-13-10-20-6-5-14(13)22-23-17;/h3-4,9,13-14,17,20,22-23H,5-8,10-11H2,1-2H3,(H,21,24);1H. The van der Waals surface area contributed by atoms with Crippen LogP contribution >= 0.6 is 12.4 Å². The number of halogens is 1. The average Bonchev–Trinajstić information content (AvgIpc) is 3.10. The van der Waals surface area contributed by atoms with E-state index in [9.17, 15) is 4.79 Å². The van der Waals surface area contributed by atoms with E-state index in [1.165, 1.54) is 0 Å². The van der Waals surface area contributed by atoms with E-state index < -0.39 is 0 Å². The molecule has 0 bridgehead atoms. The Bertz CT molecular complexity index is 685. The van der Waals surface area contributed by atoms with E-state index in [-0.39, 0.29) is 29.8 Å². The minimum atomic E-state index is -0.207. The number of carbonyl (C=O) groups is 1. The lowest BCUT2D eigenvalue weighted by atomic mass is 9.84. The van der Waals surface area contributed by atoms with Crippen LogP contribution in [0.25, 0.3) is 0 Å². The number of nitrogens with one attached hydrogen (secondary N) is 4. The van der Waals surface area contributed by atoms with Crippen molar-refractivity contribution in [1.82, 2.24) is 21.5 Å². The highest BCUT2D eigenvalue weighted by molar-refractivity contribution is 5.85. The molecule has 0 aliphatic carbocycles. The van der Waals surface area contributed by atoms with Crippen LogP contribution in [0.15, 0.2) is 18.2 Å². The first-order chi connectivity index (χ1) is 12.5. The van der Waals surface area contributed by atoms with Crippen LogP contribution in [0.4, 0.5) is 0 Å². The van der Waals surface area contributed by atoms with E-state index in [2.05, 4.69) is 41.4 Å². The summed E-state index contributed by atoms with van der Waals surface area (Å²) < 4.78 is 11.3. The topological polar surface area (TPSA) is 83.7 Å². The van der Waals surface area contributed by atoms with Crippen molar-refractivity contribution in [3.8, 4) is 11.5 Å². The van der Waals surface area contributed by atoms with E-state index in [1.54, 1.807) is 0 Å². The molecule has 2 saturated heterocycles. The highest BCUT2D eigenvalue weighted by atomic mass is 35.5. The average molecular weight is 397 g/mol. The van der Waals surface area contributed by atoms with Crippen molar-refractivity contribution >= 4 is 18.3 Å². The Labute approximate surface area is 166 Å². The molecule has 8 heteroatoms. The number of fused-ring (bicyclic) bond motifs is 2. The Kier molecular flexibility index (Phi) is 6.15. The van der Waals surface area contributed by atoms with Crippen molar-refractivity contribution in [2.75, 3.05) is 32.8 Å². The second-order valence-electron chi connectivity index (χ2n) is 7.99. The number of ether oxygens (including phenoxy) is 2.